The van der Waals surface area contributed by atoms with Crippen molar-refractivity contribution in [3.05, 3.63) is 71.3 Å². The van der Waals surface area contributed by atoms with Crippen LogP contribution in [0, 0.1) is 6.92 Å². The van der Waals surface area contributed by atoms with E-state index in [1.165, 1.54) is 16.7 Å². The number of hydrogen-bond donors (Lipinski definition) is 1. The van der Waals surface area contributed by atoms with Crippen LogP contribution in [0.2, 0.25) is 0 Å². The number of aryl methyl sites for hydroxylation is 1. The lowest BCUT2D eigenvalue weighted by Gasteiger charge is -2.24. The normalized spacial score (nSPS) is 19.9. The van der Waals surface area contributed by atoms with Crippen LogP contribution in [0.25, 0.3) is 0 Å². The molecule has 0 bridgehead atoms. The molecule has 20 heavy (non-hydrogen) atoms. The van der Waals surface area contributed by atoms with Gasteiger partial charge in [0.1, 0.15) is 0 Å². The minimum Gasteiger partial charge on any atom is -0.380 e. The summed E-state index contributed by atoms with van der Waals surface area (Å²) in [6, 6.07) is 20.0. The topological polar surface area (TPSA) is 21.3 Å². The summed E-state index contributed by atoms with van der Waals surface area (Å²) < 4.78 is 5.50. The summed E-state index contributed by atoms with van der Waals surface area (Å²) in [7, 11) is 0. The van der Waals surface area contributed by atoms with E-state index in [4.69, 9.17) is 4.74 Å². The third kappa shape index (κ3) is 2.92. The van der Waals surface area contributed by atoms with Gasteiger partial charge in [-0.2, -0.15) is 0 Å². The van der Waals surface area contributed by atoms with Crippen molar-refractivity contribution in [1.29, 1.82) is 0 Å². The largest absolute Gasteiger partial charge is 0.380 e. The zero-order chi connectivity index (χ0) is 13.8. The van der Waals surface area contributed by atoms with Gasteiger partial charge in [-0.05, 0) is 30.0 Å². The first-order valence-electron chi connectivity index (χ1n) is 7.29. The molecule has 2 heteroatoms. The van der Waals surface area contributed by atoms with Gasteiger partial charge in [-0.1, -0.05) is 54.6 Å². The average molecular weight is 267 g/mol. The molecule has 1 saturated heterocycles. The molecule has 3 rings (SSSR count). The Morgan fingerprint density at radius 1 is 1.05 bits per heavy atom. The van der Waals surface area contributed by atoms with Gasteiger partial charge in [0.2, 0.25) is 0 Å². The van der Waals surface area contributed by atoms with E-state index in [0.717, 1.165) is 19.6 Å². The van der Waals surface area contributed by atoms with Crippen molar-refractivity contribution in [2.45, 2.75) is 25.4 Å². The zero-order valence-corrected chi connectivity index (χ0v) is 11.9. The van der Waals surface area contributed by atoms with E-state index in [2.05, 4.69) is 66.8 Å². The second-order valence-corrected chi connectivity index (χ2v) is 5.43. The van der Waals surface area contributed by atoms with Crippen LogP contribution in [-0.4, -0.2) is 19.3 Å². The summed E-state index contributed by atoms with van der Waals surface area (Å²) in [5.74, 6) is 0. The van der Waals surface area contributed by atoms with Crippen molar-refractivity contribution in [2.24, 2.45) is 0 Å². The summed E-state index contributed by atoms with van der Waals surface area (Å²) in [5, 5.41) is 3.76. The van der Waals surface area contributed by atoms with Crippen molar-refractivity contribution in [3.8, 4) is 0 Å². The first-order valence-corrected chi connectivity index (χ1v) is 7.29. The van der Waals surface area contributed by atoms with Gasteiger partial charge in [0.15, 0.2) is 0 Å². The summed E-state index contributed by atoms with van der Waals surface area (Å²) >= 11 is 0. The highest BCUT2D eigenvalue weighted by Crippen LogP contribution is 2.26. The number of hydrogen-bond acceptors (Lipinski definition) is 2. The number of ether oxygens (including phenoxy) is 1. The van der Waals surface area contributed by atoms with E-state index >= 15 is 0 Å². The molecule has 1 aliphatic heterocycles. The van der Waals surface area contributed by atoms with Gasteiger partial charge < -0.3 is 10.1 Å². The predicted molar refractivity (Wildman–Crippen MR) is 81.8 cm³/mol. The van der Waals surface area contributed by atoms with E-state index in [-0.39, 0.29) is 6.04 Å². The smallest absolute Gasteiger partial charge is 0.0620 e. The Labute approximate surface area is 120 Å². The molecule has 2 aromatic rings. The highest BCUT2D eigenvalue weighted by atomic mass is 16.5. The Kier molecular flexibility index (Phi) is 4.14. The number of nitrogens with one attached hydrogen (secondary N) is 1. The van der Waals surface area contributed by atoms with E-state index in [9.17, 15) is 0 Å². The fourth-order valence-electron chi connectivity index (χ4n) is 2.82. The van der Waals surface area contributed by atoms with Gasteiger partial charge in [0.25, 0.3) is 0 Å². The molecule has 0 aliphatic carbocycles. The second kappa shape index (κ2) is 6.21. The molecule has 0 aromatic heterocycles. The van der Waals surface area contributed by atoms with Crippen LogP contribution in [-0.2, 0) is 4.74 Å². The van der Waals surface area contributed by atoms with Gasteiger partial charge in [0.05, 0.1) is 12.6 Å². The lowest BCUT2D eigenvalue weighted by Crippen LogP contribution is -2.34. The fourth-order valence-corrected chi connectivity index (χ4v) is 2.82. The van der Waals surface area contributed by atoms with Gasteiger partial charge in [-0.3, -0.25) is 0 Å². The Balaban J connectivity index is 1.92. The maximum atomic E-state index is 5.50. The first-order chi connectivity index (χ1) is 9.84. The Morgan fingerprint density at radius 3 is 2.50 bits per heavy atom. The molecular formula is C18H21NO. The minimum absolute atomic E-state index is 0.240. The molecule has 0 amide bonds. The molecule has 1 N–H and O–H groups in total. The maximum absolute atomic E-state index is 5.50. The molecule has 2 unspecified atom stereocenters. The van der Waals surface area contributed by atoms with Crippen molar-refractivity contribution < 1.29 is 4.74 Å². The SMILES string of the molecule is Cc1ccccc1C(NC1CCOC1)c1ccccc1. The van der Waals surface area contributed by atoms with E-state index in [1.807, 2.05) is 0 Å². The van der Waals surface area contributed by atoms with Gasteiger partial charge in [-0.25, -0.2) is 0 Å². The Morgan fingerprint density at radius 2 is 1.80 bits per heavy atom. The number of benzene rings is 2. The summed E-state index contributed by atoms with van der Waals surface area (Å²) in [6.45, 7) is 3.86. The molecule has 1 heterocycles. The fraction of sp³-hybridized carbons (Fsp3) is 0.333. The maximum Gasteiger partial charge on any atom is 0.0620 e. The molecule has 0 saturated carbocycles. The van der Waals surface area contributed by atoms with E-state index < -0.39 is 0 Å². The molecule has 2 aromatic carbocycles. The predicted octanol–water partition coefficient (Wildman–Crippen LogP) is 3.46. The molecule has 1 aliphatic rings. The zero-order valence-electron chi connectivity index (χ0n) is 11.9. The Hall–Kier alpha value is -1.64. The van der Waals surface area contributed by atoms with Crippen molar-refractivity contribution in [2.75, 3.05) is 13.2 Å². The highest BCUT2D eigenvalue weighted by molar-refractivity contribution is 5.36. The second-order valence-electron chi connectivity index (χ2n) is 5.43. The lowest BCUT2D eigenvalue weighted by atomic mass is 9.94. The van der Waals surface area contributed by atoms with Crippen LogP contribution in [0.5, 0.6) is 0 Å². The minimum atomic E-state index is 0.240. The van der Waals surface area contributed by atoms with Crippen molar-refractivity contribution in [1.82, 2.24) is 5.32 Å². The van der Waals surface area contributed by atoms with Crippen LogP contribution in [0.15, 0.2) is 54.6 Å². The molecule has 104 valence electrons. The average Bonchev–Trinajstić information content (AvgIpc) is 3.00. The van der Waals surface area contributed by atoms with Crippen LogP contribution in [0.1, 0.15) is 29.2 Å². The van der Waals surface area contributed by atoms with Crippen LogP contribution < -0.4 is 5.32 Å². The number of rotatable bonds is 4. The highest BCUT2D eigenvalue weighted by Gasteiger charge is 2.22. The quantitative estimate of drug-likeness (QED) is 0.916. The molecular weight excluding hydrogens is 246 g/mol. The van der Waals surface area contributed by atoms with Gasteiger partial charge in [0, 0.05) is 12.6 Å². The van der Waals surface area contributed by atoms with Crippen LogP contribution in [0.4, 0.5) is 0 Å². The van der Waals surface area contributed by atoms with Gasteiger partial charge >= 0.3 is 0 Å². The molecule has 0 spiro atoms. The summed E-state index contributed by atoms with van der Waals surface area (Å²) in [5.41, 5.74) is 3.99. The standard InChI is InChI=1S/C18H21NO/c1-14-7-5-6-10-17(14)18(15-8-3-2-4-9-15)19-16-11-12-20-13-16/h2-10,16,18-19H,11-13H2,1H3. The van der Waals surface area contributed by atoms with Crippen molar-refractivity contribution >= 4 is 0 Å². The van der Waals surface area contributed by atoms with Gasteiger partial charge in [-0.15, -0.1) is 0 Å². The molecule has 2 atom stereocenters. The summed E-state index contributed by atoms with van der Waals surface area (Å²) in [6.07, 6.45) is 1.09. The summed E-state index contributed by atoms with van der Waals surface area (Å²) in [4.78, 5) is 0. The third-order valence-corrected chi connectivity index (χ3v) is 3.96. The Bertz CT molecular complexity index is 546. The van der Waals surface area contributed by atoms with Crippen molar-refractivity contribution in [3.63, 3.8) is 0 Å². The van der Waals surface area contributed by atoms with Crippen LogP contribution >= 0.6 is 0 Å². The molecule has 0 radical (unpaired) electrons. The molecule has 1 fully saturated rings. The first kappa shape index (κ1) is 13.3. The lowest BCUT2D eigenvalue weighted by molar-refractivity contribution is 0.189. The van der Waals surface area contributed by atoms with E-state index in [1.54, 1.807) is 0 Å². The molecule has 2 nitrogen and oxygen atoms in total. The van der Waals surface area contributed by atoms with Crippen LogP contribution in [0.3, 0.4) is 0 Å². The third-order valence-electron chi connectivity index (χ3n) is 3.96. The monoisotopic (exact) mass is 267 g/mol. The van der Waals surface area contributed by atoms with E-state index in [0.29, 0.717) is 6.04 Å².